The second kappa shape index (κ2) is 4.93. The maximum atomic E-state index is 5.48. The number of aryl methyl sites for hydroxylation is 1. The lowest BCUT2D eigenvalue weighted by atomic mass is 10.2. The number of nitrogens with zero attached hydrogens (tertiary/aromatic N) is 2. The Bertz CT molecular complexity index is 592. The van der Waals surface area contributed by atoms with Gasteiger partial charge in [0.1, 0.15) is 0 Å². The minimum atomic E-state index is 0.314. The summed E-state index contributed by atoms with van der Waals surface area (Å²) in [5.74, 6) is 1.69. The van der Waals surface area contributed by atoms with E-state index in [0.29, 0.717) is 6.79 Å². The van der Waals surface area contributed by atoms with Crippen molar-refractivity contribution in [1.82, 2.24) is 15.1 Å². The van der Waals surface area contributed by atoms with Gasteiger partial charge >= 0.3 is 0 Å². The smallest absolute Gasteiger partial charge is 0.231 e. The predicted octanol–water partition coefficient (Wildman–Crippen LogP) is 1.75. The Hall–Kier alpha value is -2.01. The van der Waals surface area contributed by atoms with Crippen LogP contribution in [-0.2, 0) is 20.1 Å². The molecule has 0 bridgehead atoms. The lowest BCUT2D eigenvalue weighted by Gasteiger charge is -2.07. The van der Waals surface area contributed by atoms with Crippen LogP contribution in [0.2, 0.25) is 0 Å². The third-order valence-corrected chi connectivity index (χ3v) is 3.45. The van der Waals surface area contributed by atoms with Gasteiger partial charge in [0.15, 0.2) is 11.5 Å². The van der Waals surface area contributed by atoms with Gasteiger partial charge < -0.3 is 14.8 Å². The molecule has 0 atom stereocenters. The molecule has 19 heavy (non-hydrogen) atoms. The Kier molecular flexibility index (Phi) is 3.13. The number of hydrogen-bond acceptors (Lipinski definition) is 4. The van der Waals surface area contributed by atoms with Crippen molar-refractivity contribution in [3.8, 4) is 11.5 Å². The zero-order chi connectivity index (χ0) is 13.2. The van der Waals surface area contributed by atoms with E-state index in [1.165, 1.54) is 11.3 Å². The second-order valence-corrected chi connectivity index (χ2v) is 4.63. The number of benzene rings is 1. The van der Waals surface area contributed by atoms with Crippen molar-refractivity contribution >= 4 is 0 Å². The molecule has 3 rings (SSSR count). The fourth-order valence-electron chi connectivity index (χ4n) is 2.18. The Balaban J connectivity index is 1.64. The molecule has 0 radical (unpaired) electrons. The normalized spacial score (nSPS) is 12.9. The van der Waals surface area contributed by atoms with Gasteiger partial charge in [0.05, 0.1) is 6.20 Å². The number of para-hydroxylation sites is 1. The Labute approximate surface area is 112 Å². The standard InChI is InChI=1S/C14H17N3O2/c1-10-12(8-16-17(10)2)7-15-6-11-4-3-5-13-14(11)19-9-18-13/h3-5,8,15H,6-7,9H2,1-2H3. The minimum Gasteiger partial charge on any atom is -0.454 e. The largest absolute Gasteiger partial charge is 0.454 e. The molecule has 0 saturated heterocycles. The molecule has 5 heteroatoms. The summed E-state index contributed by atoms with van der Waals surface area (Å²) >= 11 is 0. The first kappa shape index (κ1) is 12.0. The van der Waals surface area contributed by atoms with Crippen molar-refractivity contribution in [3.63, 3.8) is 0 Å². The molecule has 1 N–H and O–H groups in total. The third-order valence-electron chi connectivity index (χ3n) is 3.45. The molecule has 2 heterocycles. The summed E-state index contributed by atoms with van der Waals surface area (Å²) in [5.41, 5.74) is 3.52. The highest BCUT2D eigenvalue weighted by Gasteiger charge is 2.16. The van der Waals surface area contributed by atoms with E-state index in [9.17, 15) is 0 Å². The SMILES string of the molecule is Cc1c(CNCc2cccc3c2OCO3)cnn1C. The van der Waals surface area contributed by atoms with Gasteiger partial charge in [-0.2, -0.15) is 5.10 Å². The summed E-state index contributed by atoms with van der Waals surface area (Å²) in [5, 5.41) is 7.64. The van der Waals surface area contributed by atoms with Crippen LogP contribution in [-0.4, -0.2) is 16.6 Å². The summed E-state index contributed by atoms with van der Waals surface area (Å²) in [6, 6.07) is 5.97. The van der Waals surface area contributed by atoms with Gasteiger partial charge in [-0.15, -0.1) is 0 Å². The molecule has 0 amide bonds. The summed E-state index contributed by atoms with van der Waals surface area (Å²) < 4.78 is 12.7. The van der Waals surface area contributed by atoms with E-state index in [2.05, 4.69) is 23.4 Å². The van der Waals surface area contributed by atoms with Crippen molar-refractivity contribution in [2.45, 2.75) is 20.0 Å². The van der Waals surface area contributed by atoms with E-state index >= 15 is 0 Å². The molecule has 2 aromatic rings. The molecule has 1 aliphatic rings. The molecule has 100 valence electrons. The maximum Gasteiger partial charge on any atom is 0.231 e. The van der Waals surface area contributed by atoms with Crippen LogP contribution in [0.3, 0.4) is 0 Å². The van der Waals surface area contributed by atoms with E-state index in [1.807, 2.05) is 30.1 Å². The third kappa shape index (κ3) is 2.29. The second-order valence-electron chi connectivity index (χ2n) is 4.63. The van der Waals surface area contributed by atoms with Gasteiger partial charge in [0.2, 0.25) is 6.79 Å². The zero-order valence-corrected chi connectivity index (χ0v) is 11.1. The van der Waals surface area contributed by atoms with E-state index in [-0.39, 0.29) is 0 Å². The highest BCUT2D eigenvalue weighted by molar-refractivity contribution is 5.48. The highest BCUT2D eigenvalue weighted by atomic mass is 16.7. The first-order chi connectivity index (χ1) is 9.25. The molecule has 1 aromatic heterocycles. The van der Waals surface area contributed by atoms with E-state index in [0.717, 1.165) is 30.2 Å². The highest BCUT2D eigenvalue weighted by Crippen LogP contribution is 2.35. The quantitative estimate of drug-likeness (QED) is 0.908. The Morgan fingerprint density at radius 2 is 2.11 bits per heavy atom. The number of fused-ring (bicyclic) bond motifs is 1. The molecule has 1 aromatic carbocycles. The van der Waals surface area contributed by atoms with E-state index in [4.69, 9.17) is 9.47 Å². The van der Waals surface area contributed by atoms with Gasteiger partial charge in [-0.1, -0.05) is 12.1 Å². The molecule has 0 aliphatic carbocycles. The molecule has 0 unspecified atom stereocenters. The summed E-state index contributed by atoms with van der Waals surface area (Å²) in [6.45, 7) is 3.93. The van der Waals surface area contributed by atoms with Crippen LogP contribution in [0.15, 0.2) is 24.4 Å². The molecule has 0 spiro atoms. The topological polar surface area (TPSA) is 48.3 Å². The fourth-order valence-corrected chi connectivity index (χ4v) is 2.18. The van der Waals surface area contributed by atoms with Gasteiger partial charge in [0.25, 0.3) is 0 Å². The van der Waals surface area contributed by atoms with Crippen LogP contribution >= 0.6 is 0 Å². The molecular formula is C14H17N3O2. The molecular weight excluding hydrogens is 242 g/mol. The maximum absolute atomic E-state index is 5.48. The summed E-state index contributed by atoms with van der Waals surface area (Å²) in [6.07, 6.45) is 1.90. The van der Waals surface area contributed by atoms with Crippen molar-refractivity contribution in [2.75, 3.05) is 6.79 Å². The lowest BCUT2D eigenvalue weighted by Crippen LogP contribution is -2.13. The Morgan fingerprint density at radius 3 is 2.89 bits per heavy atom. The summed E-state index contributed by atoms with van der Waals surface area (Å²) in [7, 11) is 1.95. The monoisotopic (exact) mass is 259 g/mol. The van der Waals surface area contributed by atoms with Gasteiger partial charge in [-0.3, -0.25) is 4.68 Å². The van der Waals surface area contributed by atoms with E-state index in [1.54, 1.807) is 0 Å². The van der Waals surface area contributed by atoms with Gasteiger partial charge in [-0.05, 0) is 13.0 Å². The van der Waals surface area contributed by atoms with Crippen LogP contribution in [0.1, 0.15) is 16.8 Å². The van der Waals surface area contributed by atoms with Crippen LogP contribution < -0.4 is 14.8 Å². The average Bonchev–Trinajstić information content (AvgIpc) is 3.00. The van der Waals surface area contributed by atoms with Crippen molar-refractivity contribution in [3.05, 3.63) is 41.2 Å². The number of aromatic nitrogens is 2. The predicted molar refractivity (Wildman–Crippen MR) is 71.1 cm³/mol. The van der Waals surface area contributed by atoms with Crippen LogP contribution in [0.4, 0.5) is 0 Å². The lowest BCUT2D eigenvalue weighted by molar-refractivity contribution is 0.173. The fraction of sp³-hybridized carbons (Fsp3) is 0.357. The van der Waals surface area contributed by atoms with Gasteiger partial charge in [-0.25, -0.2) is 0 Å². The zero-order valence-electron chi connectivity index (χ0n) is 11.1. The number of nitrogens with one attached hydrogen (secondary N) is 1. The molecule has 5 nitrogen and oxygen atoms in total. The van der Waals surface area contributed by atoms with Crippen LogP contribution in [0.25, 0.3) is 0 Å². The van der Waals surface area contributed by atoms with Crippen LogP contribution in [0, 0.1) is 6.92 Å². The number of rotatable bonds is 4. The average molecular weight is 259 g/mol. The number of ether oxygens (including phenoxy) is 2. The molecule has 0 saturated carbocycles. The molecule has 1 aliphatic heterocycles. The first-order valence-corrected chi connectivity index (χ1v) is 6.31. The Morgan fingerprint density at radius 1 is 1.26 bits per heavy atom. The van der Waals surface area contributed by atoms with Crippen molar-refractivity contribution in [2.24, 2.45) is 7.05 Å². The van der Waals surface area contributed by atoms with Gasteiger partial charge in [0, 0.05) is 37.0 Å². The summed E-state index contributed by atoms with van der Waals surface area (Å²) in [4.78, 5) is 0. The minimum absolute atomic E-state index is 0.314. The van der Waals surface area contributed by atoms with Crippen molar-refractivity contribution < 1.29 is 9.47 Å². The number of hydrogen-bond donors (Lipinski definition) is 1. The molecule has 0 fully saturated rings. The van der Waals surface area contributed by atoms with Crippen LogP contribution in [0.5, 0.6) is 11.5 Å². The van der Waals surface area contributed by atoms with E-state index < -0.39 is 0 Å². The van der Waals surface area contributed by atoms with Crippen molar-refractivity contribution in [1.29, 1.82) is 0 Å². The first-order valence-electron chi connectivity index (χ1n) is 6.31.